The Morgan fingerprint density at radius 2 is 1.86 bits per heavy atom. The smallest absolute Gasteiger partial charge is 0.123 e. The molecule has 0 bridgehead atoms. The lowest BCUT2D eigenvalue weighted by Crippen LogP contribution is -1.73. The molecule has 0 amide bonds. The number of benzene rings is 1. The fourth-order valence-electron chi connectivity index (χ4n) is 0.958. The third kappa shape index (κ3) is 2.80. The average molecular weight is 227 g/mol. The van der Waals surface area contributed by atoms with Gasteiger partial charge >= 0.3 is 0 Å². The number of hydrogen-bond donors (Lipinski definition) is 1. The van der Waals surface area contributed by atoms with Gasteiger partial charge in [-0.1, -0.05) is 23.7 Å². The second-order valence-corrected chi connectivity index (χ2v) is 3.68. The van der Waals surface area contributed by atoms with E-state index in [9.17, 15) is 0 Å². The van der Waals surface area contributed by atoms with Crippen LogP contribution in [0.3, 0.4) is 0 Å². The van der Waals surface area contributed by atoms with Crippen molar-refractivity contribution in [2.45, 2.75) is 0 Å². The van der Waals surface area contributed by atoms with Crippen LogP contribution < -0.4 is 5.73 Å². The molecule has 1 aromatic heterocycles. The number of thiazole rings is 1. The number of nitrogens with two attached hydrogens (primary N) is 1. The largest absolute Gasteiger partial charge is 0.333 e. The summed E-state index contributed by atoms with van der Waals surface area (Å²) in [5.74, 6) is 0. The topological polar surface area (TPSA) is 38.9 Å². The molecule has 0 aliphatic heterocycles. The molecule has 0 saturated heterocycles. The van der Waals surface area contributed by atoms with E-state index in [1.54, 1.807) is 17.5 Å². The molecule has 0 aliphatic carbocycles. The first-order valence-electron chi connectivity index (χ1n) is 4.09. The lowest BCUT2D eigenvalue weighted by atomic mass is 10.2. The van der Waals surface area contributed by atoms with Crippen LogP contribution in [0, 0.1) is 0 Å². The molecule has 2 N–H and O–H groups in total. The van der Waals surface area contributed by atoms with Gasteiger partial charge in [-0.05, 0) is 19.2 Å². The fraction of sp³-hybridized carbons (Fsp3) is 0.100. The minimum Gasteiger partial charge on any atom is -0.333 e. The summed E-state index contributed by atoms with van der Waals surface area (Å²) < 4.78 is 0. The Morgan fingerprint density at radius 1 is 1.21 bits per heavy atom. The van der Waals surface area contributed by atoms with Gasteiger partial charge in [0, 0.05) is 22.2 Å². The van der Waals surface area contributed by atoms with Crippen molar-refractivity contribution in [2.24, 2.45) is 5.73 Å². The van der Waals surface area contributed by atoms with E-state index in [4.69, 9.17) is 11.6 Å². The molecule has 0 radical (unpaired) electrons. The summed E-state index contributed by atoms with van der Waals surface area (Å²) >= 11 is 7.38. The highest BCUT2D eigenvalue weighted by Gasteiger charge is 1.98. The quantitative estimate of drug-likeness (QED) is 0.812. The zero-order valence-electron chi connectivity index (χ0n) is 7.77. The SMILES string of the molecule is CN.Clc1ccc(-c2nccs2)cc1. The van der Waals surface area contributed by atoms with Gasteiger partial charge in [0.2, 0.25) is 0 Å². The molecule has 4 heteroatoms. The minimum absolute atomic E-state index is 0.760. The van der Waals surface area contributed by atoms with E-state index in [0.717, 1.165) is 15.6 Å². The molecule has 0 saturated carbocycles. The van der Waals surface area contributed by atoms with Gasteiger partial charge < -0.3 is 5.73 Å². The zero-order valence-corrected chi connectivity index (χ0v) is 9.35. The molecule has 0 atom stereocenters. The molecule has 0 aliphatic rings. The Bertz CT molecular complexity index is 356. The van der Waals surface area contributed by atoms with E-state index >= 15 is 0 Å². The van der Waals surface area contributed by atoms with Crippen molar-refractivity contribution in [3.63, 3.8) is 0 Å². The Morgan fingerprint density at radius 3 is 2.36 bits per heavy atom. The molecule has 14 heavy (non-hydrogen) atoms. The molecule has 0 unspecified atom stereocenters. The van der Waals surface area contributed by atoms with Crippen molar-refractivity contribution >= 4 is 22.9 Å². The van der Waals surface area contributed by atoms with E-state index in [2.05, 4.69) is 10.7 Å². The number of nitrogens with zero attached hydrogens (tertiary/aromatic N) is 1. The Kier molecular flexibility index (Phi) is 4.59. The third-order valence-corrected chi connectivity index (χ3v) is 2.60. The molecule has 0 fully saturated rings. The molecular formula is C10H11ClN2S. The monoisotopic (exact) mass is 226 g/mol. The van der Waals surface area contributed by atoms with Gasteiger partial charge in [-0.3, -0.25) is 0 Å². The third-order valence-electron chi connectivity index (χ3n) is 1.52. The van der Waals surface area contributed by atoms with Gasteiger partial charge in [0.1, 0.15) is 5.01 Å². The van der Waals surface area contributed by atoms with Crippen molar-refractivity contribution in [2.75, 3.05) is 7.05 Å². The van der Waals surface area contributed by atoms with Crippen molar-refractivity contribution in [3.8, 4) is 10.6 Å². The van der Waals surface area contributed by atoms with Gasteiger partial charge in [0.15, 0.2) is 0 Å². The van der Waals surface area contributed by atoms with Crippen LogP contribution in [0.1, 0.15) is 0 Å². The van der Waals surface area contributed by atoms with Crippen molar-refractivity contribution in [1.29, 1.82) is 0 Å². The first-order valence-corrected chi connectivity index (χ1v) is 5.35. The highest BCUT2D eigenvalue weighted by Crippen LogP contribution is 2.22. The van der Waals surface area contributed by atoms with Crippen molar-refractivity contribution in [3.05, 3.63) is 40.9 Å². The molecule has 0 spiro atoms. The van der Waals surface area contributed by atoms with Crippen LogP contribution in [0.15, 0.2) is 35.8 Å². The standard InChI is InChI=1S/C9H6ClNS.CH5N/c10-8-3-1-7(2-4-8)9-11-5-6-12-9;1-2/h1-6H;2H2,1H3. The molecular weight excluding hydrogens is 216 g/mol. The average Bonchev–Trinajstić information content (AvgIpc) is 2.75. The van der Waals surface area contributed by atoms with Crippen LogP contribution in [0.5, 0.6) is 0 Å². The molecule has 2 rings (SSSR count). The van der Waals surface area contributed by atoms with Gasteiger partial charge in [-0.25, -0.2) is 4.98 Å². The lowest BCUT2D eigenvalue weighted by Gasteiger charge is -1.94. The van der Waals surface area contributed by atoms with Crippen LogP contribution in [0.4, 0.5) is 0 Å². The summed E-state index contributed by atoms with van der Waals surface area (Å²) in [5, 5.41) is 3.76. The van der Waals surface area contributed by atoms with Gasteiger partial charge in [0.05, 0.1) is 0 Å². The van der Waals surface area contributed by atoms with Crippen LogP contribution in [-0.4, -0.2) is 12.0 Å². The van der Waals surface area contributed by atoms with E-state index in [0.29, 0.717) is 0 Å². The molecule has 1 aromatic carbocycles. The van der Waals surface area contributed by atoms with Crippen LogP contribution in [-0.2, 0) is 0 Å². The van der Waals surface area contributed by atoms with Crippen LogP contribution in [0.25, 0.3) is 10.6 Å². The predicted molar refractivity (Wildman–Crippen MR) is 62.7 cm³/mol. The Hall–Kier alpha value is -0.900. The highest BCUT2D eigenvalue weighted by molar-refractivity contribution is 7.13. The van der Waals surface area contributed by atoms with Gasteiger partial charge in [0.25, 0.3) is 0 Å². The minimum atomic E-state index is 0.760. The number of halogens is 1. The maximum atomic E-state index is 5.76. The lowest BCUT2D eigenvalue weighted by molar-refractivity contribution is 1.41. The second-order valence-electron chi connectivity index (χ2n) is 2.34. The van der Waals surface area contributed by atoms with Gasteiger partial charge in [-0.2, -0.15) is 0 Å². The van der Waals surface area contributed by atoms with E-state index in [-0.39, 0.29) is 0 Å². The number of hydrogen-bond acceptors (Lipinski definition) is 3. The molecule has 2 nitrogen and oxygen atoms in total. The maximum Gasteiger partial charge on any atom is 0.123 e. The highest BCUT2D eigenvalue weighted by atomic mass is 35.5. The first-order chi connectivity index (χ1) is 6.86. The summed E-state index contributed by atoms with van der Waals surface area (Å²) in [6, 6.07) is 7.69. The summed E-state index contributed by atoms with van der Waals surface area (Å²) in [5.41, 5.74) is 5.62. The van der Waals surface area contributed by atoms with Crippen LogP contribution >= 0.6 is 22.9 Å². The van der Waals surface area contributed by atoms with Crippen molar-refractivity contribution in [1.82, 2.24) is 4.98 Å². The van der Waals surface area contributed by atoms with Crippen molar-refractivity contribution < 1.29 is 0 Å². The second kappa shape index (κ2) is 5.75. The summed E-state index contributed by atoms with van der Waals surface area (Å²) in [6.45, 7) is 0. The Labute approximate surface area is 92.4 Å². The zero-order chi connectivity index (χ0) is 10.4. The first kappa shape index (κ1) is 11.2. The van der Waals surface area contributed by atoms with E-state index in [1.165, 1.54) is 7.05 Å². The normalized spacial score (nSPS) is 9.07. The molecule has 1 heterocycles. The molecule has 2 aromatic rings. The summed E-state index contributed by atoms with van der Waals surface area (Å²) in [7, 11) is 1.50. The number of rotatable bonds is 1. The van der Waals surface area contributed by atoms with Gasteiger partial charge in [-0.15, -0.1) is 11.3 Å². The maximum absolute atomic E-state index is 5.76. The van der Waals surface area contributed by atoms with E-state index < -0.39 is 0 Å². The van der Waals surface area contributed by atoms with Crippen LogP contribution in [0.2, 0.25) is 5.02 Å². The summed E-state index contributed by atoms with van der Waals surface area (Å²) in [4.78, 5) is 4.19. The predicted octanol–water partition coefficient (Wildman–Crippen LogP) is 3.04. The summed E-state index contributed by atoms with van der Waals surface area (Å²) in [6.07, 6.45) is 1.80. The fourth-order valence-corrected chi connectivity index (χ4v) is 1.73. The van der Waals surface area contributed by atoms with E-state index in [1.807, 2.05) is 29.6 Å². The number of aromatic nitrogens is 1. The molecule has 74 valence electrons. The Balaban J connectivity index is 0.000000461.